The van der Waals surface area contributed by atoms with Gasteiger partial charge in [0.1, 0.15) is 7.85 Å². The first-order valence-corrected chi connectivity index (χ1v) is 15.5. The molecule has 0 atom stereocenters. The van der Waals surface area contributed by atoms with E-state index in [0.717, 1.165) is 24.9 Å². The van der Waals surface area contributed by atoms with E-state index in [4.69, 9.17) is 9.47 Å². The first kappa shape index (κ1) is 31.7. The second-order valence-electron chi connectivity index (χ2n) is 11.5. The number of hydrogen-bond acceptors (Lipinski definition) is 7. The number of carbonyl (C=O) groups excluding carboxylic acids is 1. The fourth-order valence-electron chi connectivity index (χ4n) is 3.79. The average molecular weight is 549 g/mol. The summed E-state index contributed by atoms with van der Waals surface area (Å²) in [5.41, 5.74) is 1.30. The molecule has 0 bridgehead atoms. The van der Waals surface area contributed by atoms with Gasteiger partial charge in [-0.3, -0.25) is 9.48 Å². The van der Waals surface area contributed by atoms with E-state index in [9.17, 15) is 4.79 Å². The Labute approximate surface area is 232 Å². The predicted octanol–water partition coefficient (Wildman–Crippen LogP) is 4.68. The molecule has 1 heterocycles. The number of nitrogens with one attached hydrogen (secondary N) is 1. The van der Waals surface area contributed by atoms with Crippen molar-refractivity contribution in [2.24, 2.45) is 0 Å². The number of ether oxygens (including phenoxy) is 2. The highest BCUT2D eigenvalue weighted by molar-refractivity contribution is 8.76. The van der Waals surface area contributed by atoms with Crippen molar-refractivity contribution in [2.75, 3.05) is 18.9 Å². The molecule has 2 aromatic rings. The third-order valence-corrected chi connectivity index (χ3v) is 8.03. The van der Waals surface area contributed by atoms with Crippen molar-refractivity contribution in [3.63, 3.8) is 0 Å². The largest absolute Gasteiger partial charge is 0.375 e. The van der Waals surface area contributed by atoms with Gasteiger partial charge in [-0.05, 0) is 73.4 Å². The SMILES string of the molecule is BCc1ccc(SSCCNC(=O)Cc2cn(CCC(C)(C)OCCC(C)(C)OC(C)(C)C)nn2)cc1. The van der Waals surface area contributed by atoms with Crippen LogP contribution in [0.25, 0.3) is 0 Å². The van der Waals surface area contributed by atoms with Gasteiger partial charge in [0.05, 0.1) is 35.5 Å². The van der Waals surface area contributed by atoms with Crippen LogP contribution in [0.1, 0.15) is 72.6 Å². The standard InChI is InChI=1S/C27H45BN4O3S2/c1-25(2,3)35-27(6,7)13-16-34-26(4,5)12-15-32-20-22(30-31-32)18-24(33)29-14-17-36-37-23-10-8-21(19-28)9-11-23/h8-11,20H,12-19,28H2,1-7H3,(H,29,33). The molecular formula is C27H45BN4O3S2. The smallest absolute Gasteiger partial charge is 0.226 e. The van der Waals surface area contributed by atoms with Crippen LogP contribution < -0.4 is 5.32 Å². The van der Waals surface area contributed by atoms with Crippen molar-refractivity contribution in [3.05, 3.63) is 41.7 Å². The molecule has 0 saturated carbocycles. The maximum atomic E-state index is 12.3. The van der Waals surface area contributed by atoms with Crippen LogP contribution in [-0.4, -0.2) is 64.5 Å². The number of benzene rings is 1. The molecule has 0 saturated heterocycles. The Bertz CT molecular complexity index is 959. The summed E-state index contributed by atoms with van der Waals surface area (Å²) < 4.78 is 14.1. The van der Waals surface area contributed by atoms with Crippen molar-refractivity contribution in [1.82, 2.24) is 20.3 Å². The first-order chi connectivity index (χ1) is 17.3. The summed E-state index contributed by atoms with van der Waals surface area (Å²) in [6, 6.07) is 8.62. The van der Waals surface area contributed by atoms with E-state index < -0.39 is 0 Å². The van der Waals surface area contributed by atoms with Gasteiger partial charge in [0, 0.05) is 29.9 Å². The summed E-state index contributed by atoms with van der Waals surface area (Å²) in [5.74, 6) is 0.807. The number of hydrogen-bond donors (Lipinski definition) is 1. The molecule has 0 radical (unpaired) electrons. The van der Waals surface area contributed by atoms with E-state index in [-0.39, 0.29) is 29.1 Å². The van der Waals surface area contributed by atoms with Gasteiger partial charge in [0.2, 0.25) is 5.91 Å². The van der Waals surface area contributed by atoms with Crippen molar-refractivity contribution in [3.8, 4) is 0 Å². The normalized spacial score (nSPS) is 12.6. The van der Waals surface area contributed by atoms with Gasteiger partial charge in [-0.1, -0.05) is 50.8 Å². The summed E-state index contributed by atoms with van der Waals surface area (Å²) in [5, 5.41) is 11.3. The van der Waals surface area contributed by atoms with Crippen molar-refractivity contribution < 1.29 is 14.3 Å². The lowest BCUT2D eigenvalue weighted by Crippen LogP contribution is -2.37. The fraction of sp³-hybridized carbons (Fsp3) is 0.667. The van der Waals surface area contributed by atoms with E-state index in [1.165, 1.54) is 10.5 Å². The molecule has 0 unspecified atom stereocenters. The Morgan fingerprint density at radius 1 is 1.05 bits per heavy atom. The number of carbonyl (C=O) groups is 1. The van der Waals surface area contributed by atoms with Gasteiger partial charge in [-0.2, -0.15) is 0 Å². The van der Waals surface area contributed by atoms with Crippen molar-refractivity contribution in [2.45, 2.75) is 102 Å². The molecule has 206 valence electrons. The van der Waals surface area contributed by atoms with Gasteiger partial charge in [-0.15, -0.1) is 5.10 Å². The van der Waals surface area contributed by atoms with Crippen LogP contribution in [0.5, 0.6) is 0 Å². The monoisotopic (exact) mass is 548 g/mol. The zero-order valence-corrected chi connectivity index (χ0v) is 25.6. The number of aromatic nitrogens is 3. The Balaban J connectivity index is 1.63. The quantitative estimate of drug-likeness (QED) is 0.185. The highest BCUT2D eigenvalue weighted by Crippen LogP contribution is 2.30. The summed E-state index contributed by atoms with van der Waals surface area (Å²) in [6.45, 7) is 16.5. The van der Waals surface area contributed by atoms with Gasteiger partial charge >= 0.3 is 0 Å². The molecule has 0 aliphatic rings. The molecule has 2 rings (SSSR count). The minimum Gasteiger partial charge on any atom is -0.375 e. The van der Waals surface area contributed by atoms with Crippen molar-refractivity contribution >= 4 is 35.3 Å². The third-order valence-electron chi connectivity index (χ3n) is 5.64. The minimum atomic E-state index is -0.297. The topological polar surface area (TPSA) is 78.3 Å². The molecule has 0 aliphatic heterocycles. The second kappa shape index (κ2) is 14.6. The Morgan fingerprint density at radius 2 is 1.76 bits per heavy atom. The van der Waals surface area contributed by atoms with Crippen LogP contribution in [-0.2, 0) is 33.6 Å². The lowest BCUT2D eigenvalue weighted by Gasteiger charge is -2.35. The lowest BCUT2D eigenvalue weighted by atomic mass is 9.97. The molecule has 1 aromatic heterocycles. The Kier molecular flexibility index (Phi) is 12.5. The van der Waals surface area contributed by atoms with E-state index in [1.54, 1.807) is 26.3 Å². The van der Waals surface area contributed by atoms with Crippen LogP contribution in [0.4, 0.5) is 0 Å². The van der Waals surface area contributed by atoms with Crippen LogP contribution >= 0.6 is 21.6 Å². The Hall–Kier alpha value is -1.49. The molecule has 10 heteroatoms. The maximum Gasteiger partial charge on any atom is 0.226 e. The molecular weight excluding hydrogens is 503 g/mol. The third kappa shape index (κ3) is 13.8. The van der Waals surface area contributed by atoms with Crippen LogP contribution in [0, 0.1) is 0 Å². The summed E-state index contributed by atoms with van der Waals surface area (Å²) in [4.78, 5) is 13.5. The summed E-state index contributed by atoms with van der Waals surface area (Å²) in [7, 11) is 5.64. The van der Waals surface area contributed by atoms with Crippen molar-refractivity contribution in [1.29, 1.82) is 0 Å². The van der Waals surface area contributed by atoms with Crippen LogP contribution in [0.2, 0.25) is 0 Å². The number of rotatable bonds is 16. The zero-order chi connectivity index (χ0) is 27.5. The number of aryl methyl sites for hydroxylation is 1. The first-order valence-electron chi connectivity index (χ1n) is 13.2. The van der Waals surface area contributed by atoms with E-state index >= 15 is 0 Å². The van der Waals surface area contributed by atoms with Gasteiger partial charge in [0.25, 0.3) is 0 Å². The van der Waals surface area contributed by atoms with Gasteiger partial charge in [0.15, 0.2) is 0 Å². The van der Waals surface area contributed by atoms with Gasteiger partial charge < -0.3 is 14.8 Å². The Morgan fingerprint density at radius 3 is 2.41 bits per heavy atom. The van der Waals surface area contributed by atoms with E-state index in [1.807, 2.05) is 6.20 Å². The summed E-state index contributed by atoms with van der Waals surface area (Å²) in [6.07, 6.45) is 4.74. The summed E-state index contributed by atoms with van der Waals surface area (Å²) >= 11 is 0. The molecule has 37 heavy (non-hydrogen) atoms. The highest BCUT2D eigenvalue weighted by atomic mass is 33.1. The molecule has 7 nitrogen and oxygen atoms in total. The van der Waals surface area contributed by atoms with Crippen LogP contribution in [0.15, 0.2) is 35.4 Å². The second-order valence-corrected chi connectivity index (χ2v) is 14.0. The molecule has 0 spiro atoms. The maximum absolute atomic E-state index is 12.3. The zero-order valence-electron chi connectivity index (χ0n) is 23.9. The van der Waals surface area contributed by atoms with Crippen LogP contribution in [0.3, 0.4) is 0 Å². The number of nitrogens with zero attached hydrogens (tertiary/aromatic N) is 3. The average Bonchev–Trinajstić information content (AvgIpc) is 3.23. The number of amides is 1. The lowest BCUT2D eigenvalue weighted by molar-refractivity contribution is -0.132. The molecule has 0 aliphatic carbocycles. The minimum absolute atomic E-state index is 0.0336. The molecule has 1 N–H and O–H groups in total. The fourth-order valence-corrected chi connectivity index (χ4v) is 5.68. The van der Waals surface area contributed by atoms with E-state index in [2.05, 4.69) is 96.2 Å². The molecule has 0 fully saturated rings. The van der Waals surface area contributed by atoms with Gasteiger partial charge in [-0.25, -0.2) is 0 Å². The highest BCUT2D eigenvalue weighted by Gasteiger charge is 2.27. The predicted molar refractivity (Wildman–Crippen MR) is 158 cm³/mol. The molecule has 1 amide bonds. The van der Waals surface area contributed by atoms with E-state index in [0.29, 0.717) is 25.4 Å². The molecule has 1 aromatic carbocycles.